The van der Waals surface area contributed by atoms with E-state index in [2.05, 4.69) is 20.3 Å². The largest absolute Gasteiger partial charge is 0.416 e. The average Bonchev–Trinajstić information content (AvgIpc) is 3.33. The molecule has 0 radical (unpaired) electrons. The lowest BCUT2D eigenvalue weighted by Crippen LogP contribution is -2.36. The van der Waals surface area contributed by atoms with E-state index in [1.54, 1.807) is 10.6 Å². The molecule has 0 atom stereocenters. The number of nitrogens with two attached hydrogens (primary N) is 1. The number of ether oxygens (including phenoxy) is 1. The standard InChI is InChI=1S/C28H28F5N7O2/c29-21-6-5-18(28(31,32)33)14-24(21)38-27(41)37-23-7-4-17(13-22(23)30)20-15-19(40-25(20)26(34)35-16-36-40)3-1-2-8-39-9-11-42-12-10-39/h4-7,13-16H,1-3,8-12H2,(H2,34,35,36)(H2,37,38,41). The summed E-state index contributed by atoms with van der Waals surface area (Å²) in [4.78, 5) is 18.8. The molecule has 2 aromatic carbocycles. The molecule has 0 spiro atoms. The Morgan fingerprint density at radius 2 is 1.74 bits per heavy atom. The lowest BCUT2D eigenvalue weighted by molar-refractivity contribution is -0.137. The number of alkyl halides is 3. The van der Waals surface area contributed by atoms with E-state index in [0.717, 1.165) is 51.4 Å². The zero-order valence-electron chi connectivity index (χ0n) is 22.3. The van der Waals surface area contributed by atoms with Crippen LogP contribution in [0.2, 0.25) is 0 Å². The molecule has 4 aromatic rings. The molecule has 5 rings (SSSR count). The molecule has 0 aliphatic carbocycles. The molecule has 42 heavy (non-hydrogen) atoms. The van der Waals surface area contributed by atoms with Gasteiger partial charge in [0.2, 0.25) is 0 Å². The molecule has 2 amide bonds. The Morgan fingerprint density at radius 1 is 0.976 bits per heavy atom. The van der Waals surface area contributed by atoms with Gasteiger partial charge in [-0.1, -0.05) is 6.07 Å². The Hall–Kier alpha value is -4.30. The van der Waals surface area contributed by atoms with Gasteiger partial charge in [0.25, 0.3) is 0 Å². The first-order valence-corrected chi connectivity index (χ1v) is 13.3. The van der Waals surface area contributed by atoms with Crippen molar-refractivity contribution in [1.29, 1.82) is 0 Å². The second kappa shape index (κ2) is 12.3. The van der Waals surface area contributed by atoms with E-state index in [9.17, 15) is 22.4 Å². The van der Waals surface area contributed by atoms with Gasteiger partial charge in [-0.3, -0.25) is 4.90 Å². The number of urea groups is 1. The molecule has 4 N–H and O–H groups in total. The predicted molar refractivity (Wildman–Crippen MR) is 147 cm³/mol. The van der Waals surface area contributed by atoms with Gasteiger partial charge in [0.05, 0.1) is 30.2 Å². The zero-order valence-corrected chi connectivity index (χ0v) is 22.3. The first-order valence-electron chi connectivity index (χ1n) is 13.3. The van der Waals surface area contributed by atoms with Crippen LogP contribution in [0.4, 0.5) is 43.9 Å². The summed E-state index contributed by atoms with van der Waals surface area (Å²) in [5, 5.41) is 8.53. The number of nitrogens with one attached hydrogen (secondary N) is 2. The van der Waals surface area contributed by atoms with Crippen molar-refractivity contribution in [2.45, 2.75) is 25.4 Å². The molecule has 1 aliphatic heterocycles. The molecule has 2 aromatic heterocycles. The fourth-order valence-corrected chi connectivity index (χ4v) is 4.85. The molecule has 3 heterocycles. The predicted octanol–water partition coefficient (Wildman–Crippen LogP) is 5.57. The summed E-state index contributed by atoms with van der Waals surface area (Å²) in [6.07, 6.45) is -0.807. The summed E-state index contributed by atoms with van der Waals surface area (Å²) >= 11 is 0. The molecule has 1 fully saturated rings. The minimum Gasteiger partial charge on any atom is -0.382 e. The number of rotatable bonds is 8. The number of amides is 2. The molecule has 0 bridgehead atoms. The van der Waals surface area contributed by atoms with Crippen LogP contribution < -0.4 is 16.4 Å². The maximum atomic E-state index is 15.1. The second-order valence-electron chi connectivity index (χ2n) is 9.83. The number of halogens is 5. The Kier molecular flexibility index (Phi) is 8.54. The van der Waals surface area contributed by atoms with Gasteiger partial charge in [0.15, 0.2) is 5.82 Å². The molecule has 0 unspecified atom stereocenters. The molecule has 14 heteroatoms. The summed E-state index contributed by atoms with van der Waals surface area (Å²) in [7, 11) is 0. The normalized spacial score (nSPS) is 14.3. The first-order chi connectivity index (χ1) is 20.1. The smallest absolute Gasteiger partial charge is 0.382 e. The highest BCUT2D eigenvalue weighted by molar-refractivity contribution is 6.00. The monoisotopic (exact) mass is 589 g/mol. The third-order valence-electron chi connectivity index (χ3n) is 6.99. The number of morpholine rings is 1. The lowest BCUT2D eigenvalue weighted by atomic mass is 10.1. The van der Waals surface area contributed by atoms with Crippen LogP contribution in [0.25, 0.3) is 16.6 Å². The highest BCUT2D eigenvalue weighted by Gasteiger charge is 2.31. The van der Waals surface area contributed by atoms with Crippen molar-refractivity contribution < 1.29 is 31.5 Å². The van der Waals surface area contributed by atoms with E-state index < -0.39 is 35.1 Å². The number of carbonyl (C=O) groups excluding carboxylic acids is 1. The summed E-state index contributed by atoms with van der Waals surface area (Å²) < 4.78 is 75.1. The Morgan fingerprint density at radius 3 is 2.48 bits per heavy atom. The van der Waals surface area contributed by atoms with Crippen molar-refractivity contribution in [2.24, 2.45) is 0 Å². The van der Waals surface area contributed by atoms with Crippen LogP contribution in [0.3, 0.4) is 0 Å². The number of nitrogens with zero attached hydrogens (tertiary/aromatic N) is 4. The molecule has 0 saturated carbocycles. The average molecular weight is 590 g/mol. The first kappa shape index (κ1) is 29.2. The van der Waals surface area contributed by atoms with Gasteiger partial charge in [0, 0.05) is 24.3 Å². The number of fused-ring (bicyclic) bond motifs is 1. The number of benzene rings is 2. The van der Waals surface area contributed by atoms with Crippen LogP contribution in [-0.2, 0) is 17.3 Å². The van der Waals surface area contributed by atoms with Gasteiger partial charge >= 0.3 is 12.2 Å². The van der Waals surface area contributed by atoms with Crippen LogP contribution in [0, 0.1) is 11.6 Å². The number of carbonyl (C=O) groups is 1. The molecule has 9 nitrogen and oxygen atoms in total. The van der Waals surface area contributed by atoms with Crippen molar-refractivity contribution >= 4 is 28.7 Å². The number of anilines is 3. The second-order valence-corrected chi connectivity index (χ2v) is 9.83. The van der Waals surface area contributed by atoms with Crippen LogP contribution in [0.15, 0.2) is 48.8 Å². The third-order valence-corrected chi connectivity index (χ3v) is 6.99. The van der Waals surface area contributed by atoms with Crippen molar-refractivity contribution in [3.05, 3.63) is 71.7 Å². The maximum Gasteiger partial charge on any atom is 0.416 e. The van der Waals surface area contributed by atoms with Gasteiger partial charge in [-0.15, -0.1) is 0 Å². The van der Waals surface area contributed by atoms with Crippen molar-refractivity contribution in [3.8, 4) is 11.1 Å². The van der Waals surface area contributed by atoms with Crippen molar-refractivity contribution in [3.63, 3.8) is 0 Å². The topological polar surface area (TPSA) is 110 Å². The highest BCUT2D eigenvalue weighted by Crippen LogP contribution is 2.34. The molecular formula is C28H28F5N7O2. The van der Waals surface area contributed by atoms with Gasteiger partial charge in [-0.2, -0.15) is 18.3 Å². The van der Waals surface area contributed by atoms with Crippen LogP contribution in [0.5, 0.6) is 0 Å². The maximum absolute atomic E-state index is 15.1. The summed E-state index contributed by atoms with van der Waals surface area (Å²) in [6.45, 7) is 4.29. The Labute approximate surface area is 237 Å². The van der Waals surface area contributed by atoms with Crippen LogP contribution in [0.1, 0.15) is 24.1 Å². The minimum absolute atomic E-state index is 0.213. The van der Waals surface area contributed by atoms with Crippen molar-refractivity contribution in [2.75, 3.05) is 49.2 Å². The molecular weight excluding hydrogens is 561 g/mol. The highest BCUT2D eigenvalue weighted by atomic mass is 19.4. The fourth-order valence-electron chi connectivity index (χ4n) is 4.85. The summed E-state index contributed by atoms with van der Waals surface area (Å²) in [6, 6.07) is 6.38. The number of unbranched alkanes of at least 4 members (excludes halogenated alkanes) is 1. The van der Waals surface area contributed by atoms with Crippen LogP contribution in [-0.4, -0.2) is 58.4 Å². The molecule has 1 saturated heterocycles. The van der Waals surface area contributed by atoms with Gasteiger partial charge in [-0.05, 0) is 67.8 Å². The van der Waals surface area contributed by atoms with Gasteiger partial charge in [-0.25, -0.2) is 23.1 Å². The molecule has 1 aliphatic rings. The lowest BCUT2D eigenvalue weighted by Gasteiger charge is -2.26. The van der Waals surface area contributed by atoms with E-state index >= 15 is 4.39 Å². The number of nitrogen functional groups attached to an aromatic ring is 1. The van der Waals surface area contributed by atoms with Crippen LogP contribution >= 0.6 is 0 Å². The summed E-state index contributed by atoms with van der Waals surface area (Å²) in [5.41, 5.74) is 6.49. The Balaban J connectivity index is 1.30. The SMILES string of the molecule is Nc1ncnn2c(CCCCN3CCOCC3)cc(-c3ccc(NC(=O)Nc4cc(C(F)(F)F)ccc4F)c(F)c3)c12. The number of hydrogen-bond donors (Lipinski definition) is 3. The zero-order chi connectivity index (χ0) is 29.9. The van der Waals surface area contributed by atoms with Crippen molar-refractivity contribution in [1.82, 2.24) is 19.5 Å². The number of aromatic nitrogens is 3. The minimum atomic E-state index is -4.73. The van der Waals surface area contributed by atoms with E-state index in [-0.39, 0.29) is 11.5 Å². The van der Waals surface area contributed by atoms with Gasteiger partial charge in [0.1, 0.15) is 23.5 Å². The van der Waals surface area contributed by atoms with E-state index in [0.29, 0.717) is 41.3 Å². The Bertz CT molecular complexity index is 1590. The van der Waals surface area contributed by atoms with E-state index in [1.807, 2.05) is 11.4 Å². The quantitative estimate of drug-likeness (QED) is 0.183. The van der Waals surface area contributed by atoms with E-state index in [4.69, 9.17) is 10.5 Å². The van der Waals surface area contributed by atoms with E-state index in [1.165, 1.54) is 18.5 Å². The summed E-state index contributed by atoms with van der Waals surface area (Å²) in [5.74, 6) is -1.69. The fraction of sp³-hybridized carbons (Fsp3) is 0.321. The number of aryl methyl sites for hydroxylation is 1. The molecule has 222 valence electrons. The number of hydrogen-bond acceptors (Lipinski definition) is 6. The van der Waals surface area contributed by atoms with Gasteiger partial charge < -0.3 is 21.1 Å². The third kappa shape index (κ3) is 6.60.